The van der Waals surface area contributed by atoms with E-state index in [9.17, 15) is 9.18 Å². The van der Waals surface area contributed by atoms with E-state index >= 15 is 0 Å². The molecule has 1 atom stereocenters. The van der Waals surface area contributed by atoms with Gasteiger partial charge in [-0.05, 0) is 17.7 Å². The highest BCUT2D eigenvalue weighted by Gasteiger charge is 2.14. The lowest BCUT2D eigenvalue weighted by atomic mass is 10.0. The number of carbonyl (C=O) groups excluding carboxylic acids is 1. The van der Waals surface area contributed by atoms with Crippen LogP contribution in [0.4, 0.5) is 4.39 Å². The molecule has 0 fully saturated rings. The van der Waals surface area contributed by atoms with E-state index in [-0.39, 0.29) is 5.82 Å². The van der Waals surface area contributed by atoms with E-state index in [1.807, 2.05) is 0 Å². The quantitative estimate of drug-likeness (QED) is 0.794. The molecule has 1 unspecified atom stereocenters. The van der Waals surface area contributed by atoms with Gasteiger partial charge in [-0.25, -0.2) is 4.39 Å². The maximum Gasteiger partial charge on any atom is 0.293 e. The smallest absolute Gasteiger partial charge is 0.293 e. The topological polar surface area (TPSA) is 55.0 Å². The molecule has 0 amide bonds. The highest BCUT2D eigenvalue weighted by molar-refractivity contribution is 5.38. The van der Waals surface area contributed by atoms with Crippen molar-refractivity contribution in [3.05, 3.63) is 53.6 Å². The van der Waals surface area contributed by atoms with Crippen LogP contribution >= 0.6 is 0 Å². The number of hydrogen-bond donors (Lipinski definition) is 1. The molecule has 5 heteroatoms. The standard InChI is InChI=1S/C13H13FN2O2/c14-13-4-2-1-3-10(13)7-12(18-9-17)8-11-5-6-15-16-11/h1-6,9,12H,7-8H2,(H,15,16). The number of nitrogens with zero attached hydrogens (tertiary/aromatic N) is 1. The molecule has 0 radical (unpaired) electrons. The van der Waals surface area contributed by atoms with Crippen LogP contribution in [0, 0.1) is 5.82 Å². The number of halogens is 1. The van der Waals surface area contributed by atoms with Crippen molar-refractivity contribution in [2.24, 2.45) is 0 Å². The van der Waals surface area contributed by atoms with E-state index < -0.39 is 6.10 Å². The van der Waals surface area contributed by atoms with E-state index in [0.717, 1.165) is 5.69 Å². The predicted octanol–water partition coefficient (Wildman–Crippen LogP) is 1.88. The van der Waals surface area contributed by atoms with Gasteiger partial charge in [-0.15, -0.1) is 0 Å². The van der Waals surface area contributed by atoms with Crippen LogP contribution in [0.5, 0.6) is 0 Å². The Labute approximate surface area is 104 Å². The predicted molar refractivity (Wildman–Crippen MR) is 63.3 cm³/mol. The maximum absolute atomic E-state index is 13.5. The Balaban J connectivity index is 2.06. The first-order valence-corrected chi connectivity index (χ1v) is 5.60. The second-order valence-corrected chi connectivity index (χ2v) is 3.92. The molecule has 0 aliphatic heterocycles. The second-order valence-electron chi connectivity index (χ2n) is 3.92. The van der Waals surface area contributed by atoms with Gasteiger partial charge >= 0.3 is 0 Å². The van der Waals surface area contributed by atoms with Crippen LogP contribution < -0.4 is 0 Å². The first kappa shape index (κ1) is 12.3. The van der Waals surface area contributed by atoms with E-state index in [2.05, 4.69) is 10.2 Å². The lowest BCUT2D eigenvalue weighted by Gasteiger charge is -2.14. The monoisotopic (exact) mass is 248 g/mol. The molecule has 0 spiro atoms. The molecular weight excluding hydrogens is 235 g/mol. The van der Waals surface area contributed by atoms with Crippen molar-refractivity contribution in [2.75, 3.05) is 0 Å². The summed E-state index contributed by atoms with van der Waals surface area (Å²) in [4.78, 5) is 10.5. The zero-order valence-electron chi connectivity index (χ0n) is 9.67. The SMILES string of the molecule is O=COC(Cc1cc[nH]n1)Cc1ccccc1F. The number of aromatic nitrogens is 2. The molecule has 1 aromatic carbocycles. The molecule has 0 aliphatic carbocycles. The van der Waals surface area contributed by atoms with Crippen molar-refractivity contribution in [3.63, 3.8) is 0 Å². The third-order valence-electron chi connectivity index (χ3n) is 2.65. The van der Waals surface area contributed by atoms with Crippen LogP contribution in [0.2, 0.25) is 0 Å². The van der Waals surface area contributed by atoms with Gasteiger partial charge in [-0.3, -0.25) is 9.89 Å². The summed E-state index contributed by atoms with van der Waals surface area (Å²) in [5.41, 5.74) is 1.30. The Morgan fingerprint density at radius 1 is 1.33 bits per heavy atom. The van der Waals surface area contributed by atoms with Crippen molar-refractivity contribution < 1.29 is 13.9 Å². The third kappa shape index (κ3) is 3.16. The lowest BCUT2D eigenvalue weighted by molar-refractivity contribution is -0.133. The zero-order valence-corrected chi connectivity index (χ0v) is 9.67. The molecule has 18 heavy (non-hydrogen) atoms. The third-order valence-corrected chi connectivity index (χ3v) is 2.65. The number of carbonyl (C=O) groups is 1. The fourth-order valence-electron chi connectivity index (χ4n) is 1.79. The number of aromatic amines is 1. The summed E-state index contributed by atoms with van der Waals surface area (Å²) in [6.07, 6.45) is 2.06. The number of ether oxygens (including phenoxy) is 1. The number of hydrogen-bond acceptors (Lipinski definition) is 3. The van der Waals surface area contributed by atoms with E-state index in [1.165, 1.54) is 6.07 Å². The number of rotatable bonds is 6. The minimum absolute atomic E-state index is 0.293. The van der Waals surface area contributed by atoms with Crippen LogP contribution in [0.1, 0.15) is 11.3 Å². The minimum atomic E-state index is -0.414. The van der Waals surface area contributed by atoms with Crippen LogP contribution in [-0.4, -0.2) is 22.8 Å². The van der Waals surface area contributed by atoms with Crippen molar-refractivity contribution in [1.82, 2.24) is 10.2 Å². The Bertz CT molecular complexity index is 499. The largest absolute Gasteiger partial charge is 0.464 e. The van der Waals surface area contributed by atoms with Crippen molar-refractivity contribution in [2.45, 2.75) is 18.9 Å². The van der Waals surface area contributed by atoms with Crippen molar-refractivity contribution in [1.29, 1.82) is 0 Å². The summed E-state index contributed by atoms with van der Waals surface area (Å²) in [6, 6.07) is 8.25. The molecule has 0 bridgehead atoms. The molecule has 1 aromatic heterocycles. The summed E-state index contributed by atoms with van der Waals surface area (Å²) in [5.74, 6) is -0.293. The summed E-state index contributed by atoms with van der Waals surface area (Å²) >= 11 is 0. The molecule has 0 saturated heterocycles. The van der Waals surface area contributed by atoms with E-state index in [4.69, 9.17) is 4.74 Å². The van der Waals surface area contributed by atoms with Gasteiger partial charge in [0.05, 0.1) is 5.69 Å². The molecule has 1 N–H and O–H groups in total. The molecule has 0 saturated carbocycles. The molecule has 2 rings (SSSR count). The summed E-state index contributed by atoms with van der Waals surface area (Å²) in [5, 5.41) is 6.67. The average molecular weight is 248 g/mol. The van der Waals surface area contributed by atoms with Crippen LogP contribution in [0.25, 0.3) is 0 Å². The second kappa shape index (κ2) is 5.95. The average Bonchev–Trinajstić information content (AvgIpc) is 2.85. The first-order chi connectivity index (χ1) is 8.79. The highest BCUT2D eigenvalue weighted by Crippen LogP contribution is 2.13. The molecule has 0 aliphatic rings. The molecule has 4 nitrogen and oxygen atoms in total. The van der Waals surface area contributed by atoms with Gasteiger partial charge in [0.25, 0.3) is 6.47 Å². The number of benzene rings is 1. The van der Waals surface area contributed by atoms with Crippen molar-refractivity contribution >= 4 is 6.47 Å². The summed E-state index contributed by atoms with van der Waals surface area (Å²) < 4.78 is 18.5. The van der Waals surface area contributed by atoms with Gasteiger partial charge in [-0.1, -0.05) is 18.2 Å². The van der Waals surface area contributed by atoms with Gasteiger partial charge < -0.3 is 4.74 Å². The Morgan fingerprint density at radius 2 is 2.17 bits per heavy atom. The van der Waals surface area contributed by atoms with Gasteiger partial charge in [0.15, 0.2) is 0 Å². The van der Waals surface area contributed by atoms with Crippen LogP contribution in [0.15, 0.2) is 36.5 Å². The number of nitrogens with one attached hydrogen (secondary N) is 1. The Hall–Kier alpha value is -2.17. The maximum atomic E-state index is 13.5. The molecule has 2 aromatic rings. The molecule has 94 valence electrons. The van der Waals surface area contributed by atoms with Crippen molar-refractivity contribution in [3.8, 4) is 0 Å². The lowest BCUT2D eigenvalue weighted by Crippen LogP contribution is -2.19. The highest BCUT2D eigenvalue weighted by atomic mass is 19.1. The van der Waals surface area contributed by atoms with E-state index in [1.54, 1.807) is 30.5 Å². The first-order valence-electron chi connectivity index (χ1n) is 5.60. The summed E-state index contributed by atoms with van der Waals surface area (Å²) in [7, 11) is 0. The molecule has 1 heterocycles. The normalized spacial score (nSPS) is 12.1. The van der Waals surface area contributed by atoms with Crippen LogP contribution in [0.3, 0.4) is 0 Å². The van der Waals surface area contributed by atoms with Crippen LogP contribution in [-0.2, 0) is 22.4 Å². The van der Waals surface area contributed by atoms with Gasteiger partial charge in [0, 0.05) is 19.0 Å². The van der Waals surface area contributed by atoms with E-state index in [0.29, 0.717) is 24.9 Å². The van der Waals surface area contributed by atoms with Gasteiger partial charge in [0.1, 0.15) is 11.9 Å². The number of H-pyrrole nitrogens is 1. The van der Waals surface area contributed by atoms with Gasteiger partial charge in [-0.2, -0.15) is 5.10 Å². The Morgan fingerprint density at radius 3 is 2.83 bits per heavy atom. The fraction of sp³-hybridized carbons (Fsp3) is 0.231. The van der Waals surface area contributed by atoms with Gasteiger partial charge in [0.2, 0.25) is 0 Å². The minimum Gasteiger partial charge on any atom is -0.464 e. The molecular formula is C13H13FN2O2. The summed E-state index contributed by atoms with van der Waals surface area (Å²) in [6.45, 7) is 0.387. The Kier molecular flexibility index (Phi) is 4.06. The fourth-order valence-corrected chi connectivity index (χ4v) is 1.79. The zero-order chi connectivity index (χ0) is 12.8.